The van der Waals surface area contributed by atoms with Gasteiger partial charge in [0.1, 0.15) is 0 Å². The topological polar surface area (TPSA) is 63.6 Å². The molecular weight excluding hydrogens is 216 g/mol. The van der Waals surface area contributed by atoms with Crippen LogP contribution in [0.3, 0.4) is 0 Å². The average Bonchev–Trinajstić information content (AvgIpc) is 2.26. The van der Waals surface area contributed by atoms with Crippen molar-refractivity contribution in [1.29, 1.82) is 0 Å². The van der Waals surface area contributed by atoms with Crippen molar-refractivity contribution < 1.29 is 25.9 Å². The standard InChI is InChI=1S/C10H14O4S/c1-9-3-5-10(6-4-9)15(12,13)14-8-2-7-11/h3-6,11H,2,7-8H2,1H3/i2D2,7D2,8D2. The summed E-state index contributed by atoms with van der Waals surface area (Å²) in [5.74, 6) is 0. The lowest BCUT2D eigenvalue weighted by molar-refractivity contribution is 0.237. The van der Waals surface area contributed by atoms with Crippen LogP contribution in [-0.4, -0.2) is 26.6 Å². The van der Waals surface area contributed by atoms with Crippen LogP contribution in [0, 0.1) is 6.92 Å². The predicted molar refractivity (Wildman–Crippen MR) is 56.0 cm³/mol. The first-order valence-corrected chi connectivity index (χ1v) is 5.36. The first-order chi connectivity index (χ1) is 9.21. The lowest BCUT2D eigenvalue weighted by atomic mass is 10.2. The van der Waals surface area contributed by atoms with Crippen molar-refractivity contribution in [2.75, 3.05) is 13.1 Å². The SMILES string of the molecule is [2H]C([2H])(O)C([2H])([2H])C([2H])([2H])OS(=O)(=O)c1ccc(C)cc1. The monoisotopic (exact) mass is 236 g/mol. The van der Waals surface area contributed by atoms with Crippen LogP contribution in [0.1, 0.15) is 20.2 Å². The number of benzene rings is 1. The molecule has 15 heavy (non-hydrogen) atoms. The fourth-order valence-corrected chi connectivity index (χ4v) is 1.57. The second-order valence-corrected chi connectivity index (χ2v) is 4.24. The van der Waals surface area contributed by atoms with Crippen molar-refractivity contribution in [2.45, 2.75) is 18.2 Å². The minimum absolute atomic E-state index is 0.411. The molecule has 0 spiro atoms. The van der Waals surface area contributed by atoms with Crippen molar-refractivity contribution in [3.8, 4) is 0 Å². The lowest BCUT2D eigenvalue weighted by Gasteiger charge is -2.04. The molecule has 0 radical (unpaired) electrons. The summed E-state index contributed by atoms with van der Waals surface area (Å²) in [4.78, 5) is -0.411. The largest absolute Gasteiger partial charge is 0.396 e. The zero-order valence-corrected chi connectivity index (χ0v) is 8.71. The van der Waals surface area contributed by atoms with E-state index in [-0.39, 0.29) is 0 Å². The van der Waals surface area contributed by atoms with Crippen molar-refractivity contribution in [1.82, 2.24) is 0 Å². The maximum absolute atomic E-state index is 11.9. The van der Waals surface area contributed by atoms with E-state index >= 15 is 0 Å². The van der Waals surface area contributed by atoms with E-state index in [0.29, 0.717) is 0 Å². The number of rotatable bonds is 5. The molecule has 1 aromatic carbocycles. The molecule has 0 unspecified atom stereocenters. The van der Waals surface area contributed by atoms with Crippen LogP contribution >= 0.6 is 0 Å². The summed E-state index contributed by atoms with van der Waals surface area (Å²) in [7, 11) is -4.67. The fraction of sp³-hybridized carbons (Fsp3) is 0.400. The second-order valence-electron chi connectivity index (χ2n) is 2.69. The molecule has 84 valence electrons. The van der Waals surface area contributed by atoms with Gasteiger partial charge in [-0.3, -0.25) is 4.18 Å². The molecule has 1 rings (SSSR count). The molecular formula is C10H14O4S. The Morgan fingerprint density at radius 3 is 2.53 bits per heavy atom. The molecule has 0 atom stereocenters. The molecule has 0 aliphatic rings. The Labute approximate surface area is 98.1 Å². The molecule has 5 heteroatoms. The van der Waals surface area contributed by atoms with Crippen LogP contribution in [-0.2, 0) is 14.3 Å². The van der Waals surface area contributed by atoms with Gasteiger partial charge in [0.05, 0.1) is 16.9 Å². The van der Waals surface area contributed by atoms with Gasteiger partial charge in [0.25, 0.3) is 10.1 Å². The molecule has 0 aliphatic heterocycles. The van der Waals surface area contributed by atoms with Crippen LogP contribution in [0.15, 0.2) is 29.2 Å². The van der Waals surface area contributed by atoms with Gasteiger partial charge >= 0.3 is 0 Å². The van der Waals surface area contributed by atoms with E-state index in [2.05, 4.69) is 4.18 Å². The minimum atomic E-state index is -4.67. The summed E-state index contributed by atoms with van der Waals surface area (Å²) in [6.45, 7) is -5.55. The Kier molecular flexibility index (Phi) is 2.09. The highest BCUT2D eigenvalue weighted by Gasteiger charge is 2.13. The van der Waals surface area contributed by atoms with Gasteiger partial charge in [0.2, 0.25) is 0 Å². The van der Waals surface area contributed by atoms with Crippen molar-refractivity contribution >= 4 is 10.1 Å². The van der Waals surface area contributed by atoms with Gasteiger partial charge in [0, 0.05) is 9.30 Å². The zero-order valence-electron chi connectivity index (χ0n) is 13.9. The molecule has 4 nitrogen and oxygen atoms in total. The van der Waals surface area contributed by atoms with E-state index in [0.717, 1.165) is 17.7 Å². The molecule has 0 amide bonds. The Morgan fingerprint density at radius 1 is 1.40 bits per heavy atom. The van der Waals surface area contributed by atoms with Gasteiger partial charge in [-0.1, -0.05) is 17.7 Å². The van der Waals surface area contributed by atoms with Gasteiger partial charge < -0.3 is 5.11 Å². The molecule has 0 heterocycles. The highest BCUT2D eigenvalue weighted by molar-refractivity contribution is 7.86. The van der Waals surface area contributed by atoms with Crippen LogP contribution < -0.4 is 0 Å². The summed E-state index contributed by atoms with van der Waals surface area (Å²) in [5.41, 5.74) is 0.749. The van der Waals surface area contributed by atoms with Crippen molar-refractivity contribution in [2.24, 2.45) is 0 Å². The summed E-state index contributed by atoms with van der Waals surface area (Å²) >= 11 is 0. The highest BCUT2D eigenvalue weighted by Crippen LogP contribution is 2.13. The quantitative estimate of drug-likeness (QED) is 0.777. The average molecular weight is 236 g/mol. The Balaban J connectivity index is 3.16. The molecule has 1 aromatic rings. The minimum Gasteiger partial charge on any atom is -0.396 e. The van der Waals surface area contributed by atoms with E-state index in [1.54, 1.807) is 6.92 Å². The van der Waals surface area contributed by atoms with E-state index in [4.69, 9.17) is 13.3 Å². The highest BCUT2D eigenvalue weighted by atomic mass is 32.2. The molecule has 0 aliphatic carbocycles. The van der Waals surface area contributed by atoms with E-state index in [9.17, 15) is 8.42 Å². The summed E-state index contributed by atoms with van der Waals surface area (Å²) in [6.07, 6.45) is -3.61. The summed E-state index contributed by atoms with van der Waals surface area (Å²) < 4.78 is 70.8. The Hall–Kier alpha value is -0.910. The number of hydrogen-bond donors (Lipinski definition) is 1. The summed E-state index contributed by atoms with van der Waals surface area (Å²) in [5, 5.41) is 9.03. The molecule has 0 bridgehead atoms. The molecule has 0 saturated heterocycles. The van der Waals surface area contributed by atoms with Crippen LogP contribution in [0.2, 0.25) is 0 Å². The maximum Gasteiger partial charge on any atom is 0.296 e. The second kappa shape index (κ2) is 5.25. The number of hydrogen-bond acceptors (Lipinski definition) is 4. The third kappa shape index (κ3) is 3.62. The van der Waals surface area contributed by atoms with Gasteiger partial charge in [-0.25, -0.2) is 0 Å². The molecule has 0 fully saturated rings. The van der Waals surface area contributed by atoms with Gasteiger partial charge in [-0.05, 0) is 25.4 Å². The smallest absolute Gasteiger partial charge is 0.296 e. The van der Waals surface area contributed by atoms with Gasteiger partial charge in [0.15, 0.2) is 0 Å². The van der Waals surface area contributed by atoms with E-state index in [1.165, 1.54) is 12.1 Å². The van der Waals surface area contributed by atoms with E-state index in [1.807, 2.05) is 0 Å². The molecule has 1 N–H and O–H groups in total. The molecule has 0 saturated carbocycles. The van der Waals surface area contributed by atoms with Crippen molar-refractivity contribution in [3.05, 3.63) is 29.8 Å². The van der Waals surface area contributed by atoms with Crippen molar-refractivity contribution in [3.63, 3.8) is 0 Å². The first kappa shape index (κ1) is 5.98. The maximum atomic E-state index is 11.9. The third-order valence-electron chi connectivity index (χ3n) is 1.57. The number of aliphatic hydroxyl groups is 1. The third-order valence-corrected chi connectivity index (χ3v) is 2.72. The normalized spacial score (nSPS) is 20.4. The first-order valence-electron chi connectivity index (χ1n) is 6.95. The Morgan fingerprint density at radius 2 is 2.00 bits per heavy atom. The predicted octanol–water partition coefficient (Wildman–Crippen LogP) is 1.08. The molecule has 0 aromatic heterocycles. The summed E-state index contributed by atoms with van der Waals surface area (Å²) in [6, 6.07) is 5.16. The van der Waals surface area contributed by atoms with E-state index < -0.39 is 34.5 Å². The van der Waals surface area contributed by atoms with Crippen LogP contribution in [0.4, 0.5) is 0 Å². The van der Waals surface area contributed by atoms with Crippen LogP contribution in [0.25, 0.3) is 0 Å². The fourth-order valence-electron chi connectivity index (χ4n) is 0.852. The number of aryl methyl sites for hydroxylation is 1. The van der Waals surface area contributed by atoms with Gasteiger partial charge in [-0.2, -0.15) is 8.42 Å². The van der Waals surface area contributed by atoms with Gasteiger partial charge in [-0.15, -0.1) is 0 Å². The Bertz CT molecular complexity index is 605. The van der Waals surface area contributed by atoms with Crippen LogP contribution in [0.5, 0.6) is 0 Å². The zero-order chi connectivity index (χ0) is 16.7. The lowest BCUT2D eigenvalue weighted by Crippen LogP contribution is -2.08.